The first-order valence-corrected chi connectivity index (χ1v) is 5.19. The summed E-state index contributed by atoms with van der Waals surface area (Å²) in [5.74, 6) is -0.701. The number of carboxylic acid groups (broad SMARTS) is 1. The van der Waals surface area contributed by atoms with Gasteiger partial charge in [-0.25, -0.2) is 0 Å². The highest BCUT2D eigenvalue weighted by Gasteiger charge is 2.28. The highest BCUT2D eigenvalue weighted by Crippen LogP contribution is 2.26. The van der Waals surface area contributed by atoms with Gasteiger partial charge in [0.15, 0.2) is 0 Å². The Morgan fingerprint density at radius 2 is 2.14 bits per heavy atom. The van der Waals surface area contributed by atoms with Gasteiger partial charge in [0, 0.05) is 19.1 Å². The van der Waals surface area contributed by atoms with Crippen LogP contribution in [0.3, 0.4) is 0 Å². The zero-order valence-electron chi connectivity index (χ0n) is 8.99. The summed E-state index contributed by atoms with van der Waals surface area (Å²) in [5.41, 5.74) is 1.30. The van der Waals surface area contributed by atoms with Crippen molar-refractivity contribution in [1.82, 2.24) is 4.90 Å². The van der Waals surface area contributed by atoms with E-state index in [2.05, 4.69) is 24.8 Å². The summed E-state index contributed by atoms with van der Waals surface area (Å²) in [6.07, 6.45) is 4.89. The lowest BCUT2D eigenvalue weighted by Gasteiger charge is -2.19. The summed E-state index contributed by atoms with van der Waals surface area (Å²) in [7, 11) is 0. The van der Waals surface area contributed by atoms with Crippen molar-refractivity contribution in [1.29, 1.82) is 0 Å². The highest BCUT2D eigenvalue weighted by molar-refractivity contribution is 5.66. The smallest absolute Gasteiger partial charge is 0.304 e. The minimum Gasteiger partial charge on any atom is -0.481 e. The van der Waals surface area contributed by atoms with Gasteiger partial charge in [-0.3, -0.25) is 9.69 Å². The Bertz CT molecular complexity index is 227. The van der Waals surface area contributed by atoms with Crippen molar-refractivity contribution < 1.29 is 9.90 Å². The van der Waals surface area contributed by atoms with Gasteiger partial charge in [0.2, 0.25) is 0 Å². The number of nitrogens with zero attached hydrogens (tertiary/aromatic N) is 1. The van der Waals surface area contributed by atoms with Crippen molar-refractivity contribution in [3.05, 3.63) is 11.6 Å². The van der Waals surface area contributed by atoms with Gasteiger partial charge in [-0.15, -0.1) is 0 Å². The normalized spacial score (nSPS) is 15.6. The van der Waals surface area contributed by atoms with Crippen LogP contribution < -0.4 is 0 Å². The fourth-order valence-electron chi connectivity index (χ4n) is 1.40. The van der Waals surface area contributed by atoms with Crippen LogP contribution in [0.15, 0.2) is 11.6 Å². The molecule has 0 aromatic rings. The first kappa shape index (κ1) is 11.2. The predicted molar refractivity (Wildman–Crippen MR) is 56.3 cm³/mol. The van der Waals surface area contributed by atoms with Crippen molar-refractivity contribution >= 4 is 5.97 Å². The van der Waals surface area contributed by atoms with Gasteiger partial charge in [0.25, 0.3) is 0 Å². The maximum atomic E-state index is 10.4. The summed E-state index contributed by atoms with van der Waals surface area (Å²) in [6.45, 7) is 5.73. The van der Waals surface area contributed by atoms with Crippen LogP contribution in [0.5, 0.6) is 0 Å². The van der Waals surface area contributed by atoms with Crippen LogP contribution in [0, 0.1) is 0 Å². The first-order chi connectivity index (χ1) is 6.59. The summed E-state index contributed by atoms with van der Waals surface area (Å²) < 4.78 is 0. The van der Waals surface area contributed by atoms with E-state index in [1.807, 2.05) is 0 Å². The zero-order chi connectivity index (χ0) is 10.6. The molecule has 3 heteroatoms. The third-order valence-corrected chi connectivity index (χ3v) is 2.41. The highest BCUT2D eigenvalue weighted by atomic mass is 16.4. The van der Waals surface area contributed by atoms with Gasteiger partial charge in [-0.05, 0) is 26.7 Å². The van der Waals surface area contributed by atoms with Crippen molar-refractivity contribution in [2.75, 3.05) is 13.1 Å². The fraction of sp³-hybridized carbons (Fsp3) is 0.727. The average Bonchev–Trinajstić information content (AvgIpc) is 2.86. The fourth-order valence-corrected chi connectivity index (χ4v) is 1.40. The van der Waals surface area contributed by atoms with E-state index in [1.165, 1.54) is 18.4 Å². The Kier molecular flexibility index (Phi) is 4.14. The topological polar surface area (TPSA) is 40.5 Å². The Morgan fingerprint density at radius 1 is 1.50 bits per heavy atom. The van der Waals surface area contributed by atoms with Gasteiger partial charge in [0.1, 0.15) is 0 Å². The van der Waals surface area contributed by atoms with Crippen LogP contribution in [-0.4, -0.2) is 35.1 Å². The average molecular weight is 197 g/mol. The molecule has 1 rings (SSSR count). The van der Waals surface area contributed by atoms with Crippen molar-refractivity contribution in [3.8, 4) is 0 Å². The number of rotatable bonds is 6. The Morgan fingerprint density at radius 3 is 2.57 bits per heavy atom. The monoisotopic (exact) mass is 197 g/mol. The second-order valence-electron chi connectivity index (χ2n) is 4.15. The predicted octanol–water partition coefficient (Wildman–Crippen LogP) is 1.89. The molecule has 0 atom stereocenters. The number of carboxylic acids is 1. The Balaban J connectivity index is 2.31. The van der Waals surface area contributed by atoms with Crippen molar-refractivity contribution in [3.63, 3.8) is 0 Å². The standard InChI is InChI=1S/C11H19NO2/c1-9(2)5-7-12(10-3-4-10)8-6-11(13)14/h5,10H,3-4,6-8H2,1-2H3,(H,13,14). The molecular weight excluding hydrogens is 178 g/mol. The van der Waals surface area contributed by atoms with Crippen LogP contribution >= 0.6 is 0 Å². The van der Waals surface area contributed by atoms with Crippen LogP contribution in [0.1, 0.15) is 33.1 Å². The summed E-state index contributed by atoms with van der Waals surface area (Å²) in [4.78, 5) is 12.7. The molecule has 0 radical (unpaired) electrons. The van der Waals surface area contributed by atoms with Gasteiger partial charge in [0.05, 0.1) is 6.42 Å². The second-order valence-corrected chi connectivity index (χ2v) is 4.15. The van der Waals surface area contributed by atoms with Gasteiger partial charge in [-0.1, -0.05) is 11.6 Å². The number of carbonyl (C=O) groups is 1. The van der Waals surface area contributed by atoms with E-state index in [0.717, 1.165) is 6.54 Å². The molecule has 1 saturated carbocycles. The van der Waals surface area contributed by atoms with Crippen molar-refractivity contribution in [2.45, 2.75) is 39.2 Å². The SMILES string of the molecule is CC(C)=CCN(CCC(=O)O)C1CC1. The molecule has 80 valence electrons. The van der Waals surface area contributed by atoms with Crippen LogP contribution in [0.25, 0.3) is 0 Å². The minimum absolute atomic E-state index is 0.257. The van der Waals surface area contributed by atoms with Crippen molar-refractivity contribution in [2.24, 2.45) is 0 Å². The zero-order valence-corrected chi connectivity index (χ0v) is 8.99. The molecule has 0 saturated heterocycles. The van der Waals surface area contributed by atoms with Crippen LogP contribution in [-0.2, 0) is 4.79 Å². The van der Waals surface area contributed by atoms with Crippen LogP contribution in [0.4, 0.5) is 0 Å². The van der Waals surface area contributed by atoms with E-state index in [1.54, 1.807) is 0 Å². The molecule has 1 fully saturated rings. The molecule has 0 amide bonds. The number of aliphatic carboxylic acids is 1. The quantitative estimate of drug-likeness (QED) is 0.661. The van der Waals surface area contributed by atoms with E-state index in [4.69, 9.17) is 5.11 Å². The summed E-state index contributed by atoms with van der Waals surface area (Å²) in [6, 6.07) is 0.643. The van der Waals surface area contributed by atoms with E-state index in [0.29, 0.717) is 12.6 Å². The maximum absolute atomic E-state index is 10.4. The Hall–Kier alpha value is -0.830. The molecule has 1 N–H and O–H groups in total. The lowest BCUT2D eigenvalue weighted by atomic mass is 10.3. The second kappa shape index (κ2) is 5.15. The lowest BCUT2D eigenvalue weighted by Crippen LogP contribution is -2.28. The molecule has 0 aromatic carbocycles. The lowest BCUT2D eigenvalue weighted by molar-refractivity contribution is -0.137. The molecule has 0 heterocycles. The van der Waals surface area contributed by atoms with Gasteiger partial charge in [-0.2, -0.15) is 0 Å². The maximum Gasteiger partial charge on any atom is 0.304 e. The number of hydrogen-bond acceptors (Lipinski definition) is 2. The molecule has 14 heavy (non-hydrogen) atoms. The van der Waals surface area contributed by atoms with Gasteiger partial charge >= 0.3 is 5.97 Å². The van der Waals surface area contributed by atoms with E-state index in [-0.39, 0.29) is 6.42 Å². The minimum atomic E-state index is -0.701. The number of hydrogen-bond donors (Lipinski definition) is 1. The third kappa shape index (κ3) is 4.42. The molecule has 0 aromatic heterocycles. The summed E-state index contributed by atoms with van der Waals surface area (Å²) in [5, 5.41) is 8.60. The first-order valence-electron chi connectivity index (χ1n) is 5.19. The van der Waals surface area contributed by atoms with E-state index in [9.17, 15) is 4.79 Å². The molecule has 0 bridgehead atoms. The molecule has 0 aliphatic heterocycles. The molecule has 1 aliphatic rings. The molecule has 0 spiro atoms. The van der Waals surface area contributed by atoms with Crippen LogP contribution in [0.2, 0.25) is 0 Å². The molecular formula is C11H19NO2. The largest absolute Gasteiger partial charge is 0.481 e. The molecule has 3 nitrogen and oxygen atoms in total. The molecule has 1 aliphatic carbocycles. The summed E-state index contributed by atoms with van der Waals surface area (Å²) >= 11 is 0. The van der Waals surface area contributed by atoms with E-state index >= 15 is 0 Å². The Labute approximate surface area is 85.4 Å². The molecule has 0 unspecified atom stereocenters. The number of allylic oxidation sites excluding steroid dienone is 1. The van der Waals surface area contributed by atoms with Gasteiger partial charge < -0.3 is 5.11 Å². The third-order valence-electron chi connectivity index (χ3n) is 2.41. The van der Waals surface area contributed by atoms with E-state index < -0.39 is 5.97 Å².